The minimum atomic E-state index is 0.00507. The molecule has 1 fully saturated rings. The summed E-state index contributed by atoms with van der Waals surface area (Å²) in [5, 5.41) is 3.04. The predicted molar refractivity (Wildman–Crippen MR) is 91.6 cm³/mol. The normalized spacial score (nSPS) is 16.3. The molecule has 0 atom stereocenters. The number of likely N-dealkylation sites (tertiary alicyclic amines) is 1. The van der Waals surface area contributed by atoms with Crippen LogP contribution in [-0.4, -0.2) is 35.8 Å². The molecule has 0 aromatic carbocycles. The molecule has 2 amide bonds. The van der Waals surface area contributed by atoms with Crippen LogP contribution in [-0.2, 0) is 4.79 Å². The summed E-state index contributed by atoms with van der Waals surface area (Å²) in [7, 11) is 0. The van der Waals surface area contributed by atoms with Crippen molar-refractivity contribution in [1.29, 1.82) is 0 Å². The number of piperidine rings is 1. The number of nitrogens with one attached hydrogen (secondary N) is 1. The maximum Gasteiger partial charge on any atom is 0.264 e. The van der Waals surface area contributed by atoms with Crippen LogP contribution in [0.3, 0.4) is 0 Å². The number of amides is 2. The first kappa shape index (κ1) is 17.0. The number of rotatable bonds is 3. The van der Waals surface area contributed by atoms with Crippen molar-refractivity contribution in [3.63, 3.8) is 0 Å². The van der Waals surface area contributed by atoms with E-state index in [1.165, 1.54) is 11.3 Å². The predicted octanol–water partition coefficient (Wildman–Crippen LogP) is 3.65. The molecular formula is C14H18Br2N2O2S. The molecule has 0 bridgehead atoms. The molecule has 1 aliphatic rings. The van der Waals surface area contributed by atoms with Crippen LogP contribution in [0.1, 0.15) is 36.4 Å². The fourth-order valence-corrected chi connectivity index (χ4v) is 4.21. The van der Waals surface area contributed by atoms with E-state index in [4.69, 9.17) is 0 Å². The number of hydrogen-bond donors (Lipinski definition) is 1. The second kappa shape index (κ2) is 7.24. The van der Waals surface area contributed by atoms with Gasteiger partial charge in [0.15, 0.2) is 0 Å². The smallest absolute Gasteiger partial charge is 0.264 e. The average Bonchev–Trinajstić information content (AvgIpc) is 2.78. The van der Waals surface area contributed by atoms with E-state index in [-0.39, 0.29) is 23.8 Å². The van der Waals surface area contributed by atoms with Gasteiger partial charge in [-0.15, -0.1) is 11.3 Å². The molecular weight excluding hydrogens is 420 g/mol. The van der Waals surface area contributed by atoms with Crippen molar-refractivity contribution in [2.45, 2.75) is 32.7 Å². The Hall–Kier alpha value is -0.400. The van der Waals surface area contributed by atoms with E-state index in [1.807, 2.05) is 24.8 Å². The van der Waals surface area contributed by atoms with E-state index in [1.54, 1.807) is 0 Å². The lowest BCUT2D eigenvalue weighted by Gasteiger charge is -2.32. The fourth-order valence-electron chi connectivity index (χ4n) is 2.20. The first-order valence-electron chi connectivity index (χ1n) is 6.93. The Morgan fingerprint density at radius 2 is 1.95 bits per heavy atom. The van der Waals surface area contributed by atoms with Crippen LogP contribution in [0.25, 0.3) is 0 Å². The molecule has 2 heterocycles. The Labute approximate surface area is 145 Å². The third kappa shape index (κ3) is 4.29. The molecule has 7 heteroatoms. The van der Waals surface area contributed by atoms with E-state index in [2.05, 4.69) is 37.2 Å². The topological polar surface area (TPSA) is 49.4 Å². The third-order valence-corrected chi connectivity index (χ3v) is 6.75. The Morgan fingerprint density at radius 3 is 2.43 bits per heavy atom. The summed E-state index contributed by atoms with van der Waals surface area (Å²) in [6, 6.07) is 2.04. The van der Waals surface area contributed by atoms with Gasteiger partial charge >= 0.3 is 0 Å². The highest BCUT2D eigenvalue weighted by Gasteiger charge is 2.26. The lowest BCUT2D eigenvalue weighted by Crippen LogP contribution is -2.47. The van der Waals surface area contributed by atoms with Crippen LogP contribution in [0, 0.1) is 5.92 Å². The van der Waals surface area contributed by atoms with E-state index in [0.29, 0.717) is 13.1 Å². The molecule has 1 aromatic heterocycles. The minimum Gasteiger partial charge on any atom is -0.353 e. The van der Waals surface area contributed by atoms with Crippen molar-refractivity contribution >= 4 is 55.0 Å². The van der Waals surface area contributed by atoms with Crippen LogP contribution in [0.15, 0.2) is 14.3 Å². The second-order valence-corrected chi connectivity index (χ2v) is 8.69. The molecule has 1 aliphatic heterocycles. The molecule has 1 saturated heterocycles. The SMILES string of the molecule is CC(C)C(=O)NC1CCN(C(=O)c2cc(Br)c(Br)s2)CC1. The second-order valence-electron chi connectivity index (χ2n) is 5.46. The van der Waals surface area contributed by atoms with Crippen molar-refractivity contribution in [3.8, 4) is 0 Å². The summed E-state index contributed by atoms with van der Waals surface area (Å²) < 4.78 is 1.85. The molecule has 1 aromatic rings. The van der Waals surface area contributed by atoms with Gasteiger partial charge in [0, 0.05) is 29.5 Å². The standard InChI is InChI=1S/C14H18Br2N2O2S/c1-8(2)13(19)17-9-3-5-18(6-4-9)14(20)11-7-10(15)12(16)21-11/h7-9H,3-6H2,1-2H3,(H,17,19). The molecule has 0 radical (unpaired) electrons. The molecule has 0 spiro atoms. The maximum atomic E-state index is 12.4. The highest BCUT2D eigenvalue weighted by Crippen LogP contribution is 2.33. The van der Waals surface area contributed by atoms with Crippen LogP contribution in [0.2, 0.25) is 0 Å². The monoisotopic (exact) mass is 436 g/mol. The number of thiophene rings is 1. The minimum absolute atomic E-state index is 0.00507. The summed E-state index contributed by atoms with van der Waals surface area (Å²) in [4.78, 5) is 26.7. The highest BCUT2D eigenvalue weighted by atomic mass is 79.9. The van der Waals surface area contributed by atoms with Gasteiger partial charge in [0.25, 0.3) is 5.91 Å². The van der Waals surface area contributed by atoms with Crippen molar-refractivity contribution in [2.75, 3.05) is 13.1 Å². The fraction of sp³-hybridized carbons (Fsp3) is 0.571. The van der Waals surface area contributed by atoms with Crippen LogP contribution in [0.4, 0.5) is 0 Å². The summed E-state index contributed by atoms with van der Waals surface area (Å²) in [6.45, 7) is 5.16. The number of hydrogen-bond acceptors (Lipinski definition) is 3. The van der Waals surface area contributed by atoms with E-state index < -0.39 is 0 Å². The number of carbonyl (C=O) groups excluding carboxylic acids is 2. The van der Waals surface area contributed by atoms with E-state index in [9.17, 15) is 9.59 Å². The summed E-state index contributed by atoms with van der Waals surface area (Å²) in [5.41, 5.74) is 0. The van der Waals surface area contributed by atoms with E-state index in [0.717, 1.165) is 26.0 Å². The van der Waals surface area contributed by atoms with Gasteiger partial charge in [-0.1, -0.05) is 13.8 Å². The number of nitrogens with zero attached hydrogens (tertiary/aromatic N) is 1. The molecule has 116 valence electrons. The molecule has 4 nitrogen and oxygen atoms in total. The molecule has 0 aliphatic carbocycles. The van der Waals surface area contributed by atoms with Gasteiger partial charge < -0.3 is 10.2 Å². The van der Waals surface area contributed by atoms with Crippen LogP contribution >= 0.6 is 43.2 Å². The van der Waals surface area contributed by atoms with Crippen molar-refractivity contribution in [3.05, 3.63) is 19.2 Å². The van der Waals surface area contributed by atoms with Crippen molar-refractivity contribution < 1.29 is 9.59 Å². The van der Waals surface area contributed by atoms with Gasteiger partial charge in [-0.3, -0.25) is 9.59 Å². The summed E-state index contributed by atoms with van der Waals surface area (Å²) >= 11 is 8.26. The molecule has 21 heavy (non-hydrogen) atoms. The average molecular weight is 438 g/mol. The van der Waals surface area contributed by atoms with Gasteiger partial charge in [0.05, 0.1) is 8.66 Å². The lowest BCUT2D eigenvalue weighted by molar-refractivity contribution is -0.124. The zero-order valence-corrected chi connectivity index (χ0v) is 16.0. The van der Waals surface area contributed by atoms with Gasteiger partial charge in [0.1, 0.15) is 0 Å². The summed E-state index contributed by atoms with van der Waals surface area (Å²) in [6.07, 6.45) is 1.63. The zero-order valence-electron chi connectivity index (χ0n) is 12.0. The Kier molecular flexibility index (Phi) is 5.85. The Bertz CT molecular complexity index is 518. The number of halogens is 2. The summed E-state index contributed by atoms with van der Waals surface area (Å²) in [5.74, 6) is 0.163. The van der Waals surface area contributed by atoms with Crippen LogP contribution in [0.5, 0.6) is 0 Å². The Morgan fingerprint density at radius 1 is 1.33 bits per heavy atom. The largest absolute Gasteiger partial charge is 0.353 e. The molecule has 1 N–H and O–H groups in total. The maximum absolute atomic E-state index is 12.4. The molecule has 0 unspecified atom stereocenters. The third-order valence-electron chi connectivity index (χ3n) is 3.51. The first-order valence-corrected chi connectivity index (χ1v) is 9.33. The van der Waals surface area contributed by atoms with Crippen molar-refractivity contribution in [1.82, 2.24) is 10.2 Å². The van der Waals surface area contributed by atoms with Gasteiger partial charge in [0.2, 0.25) is 5.91 Å². The van der Waals surface area contributed by atoms with Gasteiger partial charge in [-0.25, -0.2) is 0 Å². The first-order chi connectivity index (χ1) is 9.88. The van der Waals surface area contributed by atoms with E-state index >= 15 is 0 Å². The Balaban J connectivity index is 1.89. The lowest BCUT2D eigenvalue weighted by atomic mass is 10.0. The molecule has 2 rings (SSSR count). The van der Waals surface area contributed by atoms with Gasteiger partial charge in [-0.05, 0) is 50.8 Å². The number of carbonyl (C=O) groups is 2. The zero-order chi connectivity index (χ0) is 15.6. The quantitative estimate of drug-likeness (QED) is 0.784. The van der Waals surface area contributed by atoms with Crippen LogP contribution < -0.4 is 5.32 Å². The van der Waals surface area contributed by atoms with Gasteiger partial charge in [-0.2, -0.15) is 0 Å². The highest BCUT2D eigenvalue weighted by molar-refractivity contribution is 9.13. The molecule has 0 saturated carbocycles. The van der Waals surface area contributed by atoms with Crippen molar-refractivity contribution in [2.24, 2.45) is 5.92 Å².